The molecular weight excluding hydrogens is 251 g/mol. The van der Waals surface area contributed by atoms with Gasteiger partial charge in [0.15, 0.2) is 0 Å². The van der Waals surface area contributed by atoms with Crippen molar-refractivity contribution in [2.24, 2.45) is 0 Å². The summed E-state index contributed by atoms with van der Waals surface area (Å²) < 4.78 is 13.1. The maximum atomic E-state index is 13.1. The summed E-state index contributed by atoms with van der Waals surface area (Å²) in [6, 6.07) is 15.1. The lowest BCUT2D eigenvalue weighted by molar-refractivity contribution is 0.608. The van der Waals surface area contributed by atoms with E-state index in [1.165, 1.54) is 23.3 Å². The van der Waals surface area contributed by atoms with Gasteiger partial charge in [0.25, 0.3) is 0 Å². The van der Waals surface area contributed by atoms with Crippen molar-refractivity contribution in [1.82, 2.24) is 0 Å². The molecule has 2 aromatic rings. The van der Waals surface area contributed by atoms with Gasteiger partial charge in [-0.25, -0.2) is 4.39 Å². The number of nitrogens with one attached hydrogen (secondary N) is 1. The number of rotatable bonds is 2. The van der Waals surface area contributed by atoms with Crippen molar-refractivity contribution >= 4 is 5.69 Å². The first-order valence-electron chi connectivity index (χ1n) is 6.79. The van der Waals surface area contributed by atoms with Crippen molar-refractivity contribution in [2.45, 2.75) is 25.3 Å². The van der Waals surface area contributed by atoms with Crippen molar-refractivity contribution in [3.8, 4) is 6.07 Å². The maximum absolute atomic E-state index is 13.1. The van der Waals surface area contributed by atoms with Crippen LogP contribution in [0.15, 0.2) is 42.5 Å². The van der Waals surface area contributed by atoms with Crippen molar-refractivity contribution in [1.29, 1.82) is 5.26 Å². The molecule has 1 aliphatic carbocycles. The third-order valence-electron chi connectivity index (χ3n) is 3.81. The van der Waals surface area contributed by atoms with Crippen LogP contribution in [0.1, 0.15) is 23.1 Å². The fourth-order valence-electron chi connectivity index (χ4n) is 2.78. The molecule has 2 nitrogen and oxygen atoms in total. The Morgan fingerprint density at radius 1 is 1.15 bits per heavy atom. The Labute approximate surface area is 117 Å². The molecule has 2 aromatic carbocycles. The highest BCUT2D eigenvalue weighted by Crippen LogP contribution is 2.25. The Bertz CT molecular complexity index is 673. The minimum Gasteiger partial charge on any atom is -0.381 e. The maximum Gasteiger partial charge on any atom is 0.124 e. The van der Waals surface area contributed by atoms with Crippen LogP contribution in [0.2, 0.25) is 0 Å². The van der Waals surface area contributed by atoms with Crippen LogP contribution in [-0.2, 0) is 12.8 Å². The number of fused-ring (bicyclic) bond motifs is 1. The molecule has 0 bridgehead atoms. The van der Waals surface area contributed by atoms with Crippen molar-refractivity contribution in [3.63, 3.8) is 0 Å². The Balaban J connectivity index is 1.79. The fraction of sp³-hybridized carbons (Fsp3) is 0.235. The molecule has 0 amide bonds. The molecule has 3 rings (SSSR count). The first kappa shape index (κ1) is 12.7. The number of hydrogen-bond acceptors (Lipinski definition) is 2. The molecule has 3 heteroatoms. The Morgan fingerprint density at radius 2 is 1.95 bits per heavy atom. The van der Waals surface area contributed by atoms with Gasteiger partial charge in [-0.3, -0.25) is 0 Å². The molecule has 100 valence electrons. The molecule has 0 heterocycles. The van der Waals surface area contributed by atoms with Gasteiger partial charge in [-0.2, -0.15) is 5.26 Å². The fourth-order valence-corrected chi connectivity index (χ4v) is 2.78. The molecule has 0 spiro atoms. The van der Waals surface area contributed by atoms with Gasteiger partial charge >= 0.3 is 0 Å². The third kappa shape index (κ3) is 2.50. The molecule has 0 fully saturated rings. The zero-order valence-electron chi connectivity index (χ0n) is 11.1. The second-order valence-electron chi connectivity index (χ2n) is 5.15. The van der Waals surface area contributed by atoms with E-state index in [1.807, 2.05) is 6.07 Å². The van der Waals surface area contributed by atoms with Crippen molar-refractivity contribution in [3.05, 3.63) is 65.0 Å². The molecular formula is C17H15FN2. The molecule has 1 atom stereocenters. The van der Waals surface area contributed by atoms with E-state index in [1.54, 1.807) is 6.07 Å². The van der Waals surface area contributed by atoms with Crippen LogP contribution in [0.3, 0.4) is 0 Å². The summed E-state index contributed by atoms with van der Waals surface area (Å²) in [7, 11) is 0. The van der Waals surface area contributed by atoms with Gasteiger partial charge < -0.3 is 5.32 Å². The van der Waals surface area contributed by atoms with Crippen molar-refractivity contribution in [2.75, 3.05) is 5.32 Å². The number of hydrogen-bond donors (Lipinski definition) is 1. The molecule has 1 N–H and O–H groups in total. The highest BCUT2D eigenvalue weighted by molar-refractivity contribution is 5.58. The normalized spacial score (nSPS) is 17.1. The average molecular weight is 266 g/mol. The van der Waals surface area contributed by atoms with Gasteiger partial charge in [-0.15, -0.1) is 0 Å². The molecule has 1 unspecified atom stereocenters. The van der Waals surface area contributed by atoms with E-state index >= 15 is 0 Å². The summed E-state index contributed by atoms with van der Waals surface area (Å²) in [5, 5.41) is 12.5. The first-order valence-corrected chi connectivity index (χ1v) is 6.79. The van der Waals surface area contributed by atoms with Crippen LogP contribution >= 0.6 is 0 Å². The standard InChI is InChI=1S/C17H15FN2/c18-15-6-8-17(14(9-15)11-19)20-16-7-5-12-3-1-2-4-13(12)10-16/h1-4,6,8-9,16,20H,5,7,10H2. The van der Waals surface area contributed by atoms with Gasteiger partial charge in [0.05, 0.1) is 11.3 Å². The average Bonchev–Trinajstić information content (AvgIpc) is 2.49. The van der Waals surface area contributed by atoms with Crippen LogP contribution in [0.25, 0.3) is 0 Å². The van der Waals surface area contributed by atoms with Gasteiger partial charge in [-0.1, -0.05) is 24.3 Å². The van der Waals surface area contributed by atoms with Crippen LogP contribution in [-0.4, -0.2) is 6.04 Å². The number of benzene rings is 2. The lowest BCUT2D eigenvalue weighted by atomic mass is 9.88. The van der Waals surface area contributed by atoms with E-state index in [0.717, 1.165) is 24.9 Å². The van der Waals surface area contributed by atoms with Gasteiger partial charge in [0.1, 0.15) is 11.9 Å². The topological polar surface area (TPSA) is 35.8 Å². The largest absolute Gasteiger partial charge is 0.381 e. The smallest absolute Gasteiger partial charge is 0.124 e. The molecule has 0 saturated carbocycles. The monoisotopic (exact) mass is 266 g/mol. The SMILES string of the molecule is N#Cc1cc(F)ccc1NC1CCc2ccccc2C1. The van der Waals surface area contributed by atoms with Crippen molar-refractivity contribution < 1.29 is 4.39 Å². The minimum absolute atomic E-state index is 0.294. The molecule has 0 radical (unpaired) electrons. The number of halogens is 1. The molecule has 0 aromatic heterocycles. The zero-order chi connectivity index (χ0) is 13.9. The number of nitriles is 1. The van der Waals surface area contributed by atoms with Gasteiger partial charge in [-0.05, 0) is 48.6 Å². The van der Waals surface area contributed by atoms with E-state index in [4.69, 9.17) is 5.26 Å². The van der Waals surface area contributed by atoms with E-state index in [2.05, 4.69) is 29.6 Å². The van der Waals surface area contributed by atoms with Crippen LogP contribution in [0, 0.1) is 17.1 Å². The van der Waals surface area contributed by atoms with Crippen LogP contribution in [0.4, 0.5) is 10.1 Å². The predicted octanol–water partition coefficient (Wildman–Crippen LogP) is 3.67. The second-order valence-corrected chi connectivity index (χ2v) is 5.15. The highest BCUT2D eigenvalue weighted by Gasteiger charge is 2.18. The lowest BCUT2D eigenvalue weighted by Gasteiger charge is -2.26. The van der Waals surface area contributed by atoms with E-state index in [-0.39, 0.29) is 5.82 Å². The second kappa shape index (κ2) is 5.34. The highest BCUT2D eigenvalue weighted by atomic mass is 19.1. The van der Waals surface area contributed by atoms with Gasteiger partial charge in [0, 0.05) is 6.04 Å². The number of nitrogens with zero attached hydrogens (tertiary/aromatic N) is 1. The minimum atomic E-state index is -0.374. The summed E-state index contributed by atoms with van der Waals surface area (Å²) in [6.07, 6.45) is 3.01. The van der Waals surface area contributed by atoms with E-state index in [0.29, 0.717) is 11.6 Å². The summed E-state index contributed by atoms with van der Waals surface area (Å²) >= 11 is 0. The summed E-state index contributed by atoms with van der Waals surface area (Å²) in [4.78, 5) is 0. The lowest BCUT2D eigenvalue weighted by Crippen LogP contribution is -2.27. The third-order valence-corrected chi connectivity index (χ3v) is 3.81. The van der Waals surface area contributed by atoms with Crippen LogP contribution < -0.4 is 5.32 Å². The molecule has 0 aliphatic heterocycles. The summed E-state index contributed by atoms with van der Waals surface area (Å²) in [5.74, 6) is -0.374. The predicted molar refractivity (Wildman–Crippen MR) is 77.0 cm³/mol. The quantitative estimate of drug-likeness (QED) is 0.900. The van der Waals surface area contributed by atoms with E-state index < -0.39 is 0 Å². The zero-order valence-corrected chi connectivity index (χ0v) is 11.1. The molecule has 20 heavy (non-hydrogen) atoms. The molecule has 1 aliphatic rings. The summed E-state index contributed by atoms with van der Waals surface area (Å²) in [6.45, 7) is 0. The van der Waals surface area contributed by atoms with Crippen LogP contribution in [0.5, 0.6) is 0 Å². The number of aryl methyl sites for hydroxylation is 1. The molecule has 0 saturated heterocycles. The summed E-state index contributed by atoms with van der Waals surface area (Å²) in [5.41, 5.74) is 3.85. The Hall–Kier alpha value is -2.34. The Kier molecular flexibility index (Phi) is 3.39. The Morgan fingerprint density at radius 3 is 2.75 bits per heavy atom. The number of anilines is 1. The first-order chi connectivity index (χ1) is 9.76. The van der Waals surface area contributed by atoms with E-state index in [9.17, 15) is 4.39 Å². The van der Waals surface area contributed by atoms with Gasteiger partial charge in [0.2, 0.25) is 0 Å².